The lowest BCUT2D eigenvalue weighted by molar-refractivity contribution is -0.123. The Kier molecular flexibility index (Phi) is 5.10. The van der Waals surface area contributed by atoms with Gasteiger partial charge in [0.25, 0.3) is 0 Å². The Bertz CT molecular complexity index is 423. The average Bonchev–Trinajstić information content (AvgIpc) is 2.93. The van der Waals surface area contributed by atoms with Crippen molar-refractivity contribution in [2.45, 2.75) is 25.7 Å². The topological polar surface area (TPSA) is 63.4 Å². The van der Waals surface area contributed by atoms with E-state index < -0.39 is 0 Å². The summed E-state index contributed by atoms with van der Waals surface area (Å²) in [6.07, 6.45) is 3.21. The zero-order chi connectivity index (χ0) is 13.7. The van der Waals surface area contributed by atoms with Gasteiger partial charge in [-0.05, 0) is 50.3 Å². The monoisotopic (exact) mass is 280 g/mol. The Balaban J connectivity index is 1.65. The van der Waals surface area contributed by atoms with Gasteiger partial charge in [0, 0.05) is 12.3 Å². The minimum absolute atomic E-state index is 0.0454. The van der Waals surface area contributed by atoms with Crippen molar-refractivity contribution in [3.63, 3.8) is 0 Å². The van der Waals surface area contributed by atoms with Crippen LogP contribution in [0.5, 0.6) is 0 Å². The molecule has 0 radical (unpaired) electrons. The van der Waals surface area contributed by atoms with Crippen molar-refractivity contribution in [1.29, 1.82) is 0 Å². The van der Waals surface area contributed by atoms with Crippen molar-refractivity contribution in [2.75, 3.05) is 19.6 Å². The number of carbonyl (C=O) groups is 2. The summed E-state index contributed by atoms with van der Waals surface area (Å²) in [7, 11) is 0. The molecule has 0 bridgehead atoms. The molecule has 0 spiro atoms. The Labute approximate surface area is 117 Å². The zero-order valence-corrected chi connectivity index (χ0v) is 11.8. The van der Waals surface area contributed by atoms with Crippen LogP contribution in [-0.4, -0.2) is 36.2 Å². The molecule has 0 aliphatic carbocycles. The fourth-order valence-electron chi connectivity index (χ4n) is 2.46. The molecule has 0 atom stereocenters. The molecule has 104 valence electrons. The Hall–Kier alpha value is -1.20. The average molecular weight is 280 g/mol. The molecule has 0 unspecified atom stereocenters. The second kappa shape index (κ2) is 6.82. The highest BCUT2D eigenvalue weighted by molar-refractivity contribution is 7.12. The van der Waals surface area contributed by atoms with Gasteiger partial charge in [-0.2, -0.15) is 0 Å². The van der Waals surface area contributed by atoms with Crippen LogP contribution >= 0.6 is 11.3 Å². The number of primary amides is 1. The van der Waals surface area contributed by atoms with Crippen molar-refractivity contribution in [2.24, 2.45) is 11.7 Å². The summed E-state index contributed by atoms with van der Waals surface area (Å²) < 4.78 is 0. The SMILES string of the molecule is NC(=O)C1CCN(CCCC(=O)c2cccs2)CC1. The second-order valence-electron chi connectivity index (χ2n) is 5.02. The van der Waals surface area contributed by atoms with Crippen molar-refractivity contribution in [1.82, 2.24) is 4.90 Å². The predicted octanol–water partition coefficient (Wildman–Crippen LogP) is 1.91. The lowest BCUT2D eigenvalue weighted by Crippen LogP contribution is -2.39. The van der Waals surface area contributed by atoms with Crippen molar-refractivity contribution in [3.8, 4) is 0 Å². The van der Waals surface area contributed by atoms with Crippen LogP contribution < -0.4 is 5.73 Å². The first-order valence-corrected chi connectivity index (χ1v) is 7.63. The smallest absolute Gasteiger partial charge is 0.220 e. The molecule has 19 heavy (non-hydrogen) atoms. The summed E-state index contributed by atoms with van der Waals surface area (Å²) in [5.74, 6) is 0.110. The van der Waals surface area contributed by atoms with Crippen LogP contribution in [-0.2, 0) is 4.79 Å². The molecule has 1 aromatic rings. The molecule has 1 aliphatic rings. The summed E-state index contributed by atoms with van der Waals surface area (Å²) in [4.78, 5) is 26.1. The first kappa shape index (κ1) is 14.2. The van der Waals surface area contributed by atoms with Crippen molar-refractivity contribution >= 4 is 23.0 Å². The van der Waals surface area contributed by atoms with Gasteiger partial charge in [0.1, 0.15) is 0 Å². The number of piperidine rings is 1. The highest BCUT2D eigenvalue weighted by atomic mass is 32.1. The number of likely N-dealkylation sites (tertiary alicyclic amines) is 1. The molecule has 1 aromatic heterocycles. The van der Waals surface area contributed by atoms with E-state index in [1.807, 2.05) is 17.5 Å². The first-order chi connectivity index (χ1) is 9.16. The standard InChI is InChI=1S/C14H20N2O2S/c15-14(18)11-5-8-16(9-6-11)7-1-3-12(17)13-4-2-10-19-13/h2,4,10-11H,1,3,5-9H2,(H2,15,18). The molecule has 0 aromatic carbocycles. The number of hydrogen-bond acceptors (Lipinski definition) is 4. The molecule has 2 N–H and O–H groups in total. The predicted molar refractivity (Wildman–Crippen MR) is 76.2 cm³/mol. The van der Waals surface area contributed by atoms with E-state index in [-0.39, 0.29) is 17.6 Å². The largest absolute Gasteiger partial charge is 0.369 e. The summed E-state index contributed by atoms with van der Waals surface area (Å²) in [6, 6.07) is 3.79. The fraction of sp³-hybridized carbons (Fsp3) is 0.571. The zero-order valence-electron chi connectivity index (χ0n) is 11.0. The van der Waals surface area contributed by atoms with E-state index >= 15 is 0 Å². The first-order valence-electron chi connectivity index (χ1n) is 6.75. The molecule has 1 aliphatic heterocycles. The van der Waals surface area contributed by atoms with E-state index in [9.17, 15) is 9.59 Å². The molecular weight excluding hydrogens is 260 g/mol. The Morgan fingerprint density at radius 2 is 2.11 bits per heavy atom. The molecule has 1 amide bonds. The number of ketones is 1. The van der Waals surface area contributed by atoms with Crippen molar-refractivity contribution < 1.29 is 9.59 Å². The van der Waals surface area contributed by atoms with Gasteiger partial charge in [-0.25, -0.2) is 0 Å². The molecule has 0 saturated carbocycles. The molecule has 2 rings (SSSR count). The third kappa shape index (κ3) is 4.14. The highest BCUT2D eigenvalue weighted by Crippen LogP contribution is 2.17. The van der Waals surface area contributed by atoms with Gasteiger partial charge in [-0.1, -0.05) is 6.07 Å². The molecule has 1 fully saturated rings. The third-order valence-corrected chi connectivity index (χ3v) is 4.58. The van der Waals surface area contributed by atoms with Crippen LogP contribution in [0.4, 0.5) is 0 Å². The molecule has 2 heterocycles. The Morgan fingerprint density at radius 1 is 1.37 bits per heavy atom. The lowest BCUT2D eigenvalue weighted by atomic mass is 9.96. The third-order valence-electron chi connectivity index (χ3n) is 3.66. The van der Waals surface area contributed by atoms with Gasteiger partial charge in [0.2, 0.25) is 5.91 Å². The van der Waals surface area contributed by atoms with Crippen LogP contribution in [0.1, 0.15) is 35.4 Å². The van der Waals surface area contributed by atoms with Crippen LogP contribution in [0, 0.1) is 5.92 Å². The number of hydrogen-bond donors (Lipinski definition) is 1. The number of amides is 1. The van der Waals surface area contributed by atoms with Crippen LogP contribution in [0.3, 0.4) is 0 Å². The number of nitrogens with two attached hydrogens (primary N) is 1. The number of rotatable bonds is 6. The summed E-state index contributed by atoms with van der Waals surface area (Å²) in [5.41, 5.74) is 5.31. The van der Waals surface area contributed by atoms with E-state index in [4.69, 9.17) is 5.73 Å². The quantitative estimate of drug-likeness (QED) is 0.810. The summed E-state index contributed by atoms with van der Waals surface area (Å²) >= 11 is 1.51. The van der Waals surface area contributed by atoms with Gasteiger partial charge in [-0.15, -0.1) is 11.3 Å². The van der Waals surface area contributed by atoms with Gasteiger partial charge in [-0.3, -0.25) is 9.59 Å². The van der Waals surface area contributed by atoms with Gasteiger partial charge in [0.05, 0.1) is 4.88 Å². The molecule has 1 saturated heterocycles. The van der Waals surface area contributed by atoms with Gasteiger partial charge < -0.3 is 10.6 Å². The lowest BCUT2D eigenvalue weighted by Gasteiger charge is -2.30. The fourth-order valence-corrected chi connectivity index (χ4v) is 3.16. The Morgan fingerprint density at radius 3 is 2.68 bits per heavy atom. The minimum atomic E-state index is -0.174. The maximum absolute atomic E-state index is 11.8. The molecule has 4 nitrogen and oxygen atoms in total. The van der Waals surface area contributed by atoms with E-state index in [1.165, 1.54) is 11.3 Å². The van der Waals surface area contributed by atoms with Crippen molar-refractivity contribution in [3.05, 3.63) is 22.4 Å². The van der Waals surface area contributed by atoms with Gasteiger partial charge in [0.15, 0.2) is 5.78 Å². The normalized spacial score (nSPS) is 17.5. The number of carbonyl (C=O) groups excluding carboxylic acids is 2. The maximum Gasteiger partial charge on any atom is 0.220 e. The number of nitrogens with zero attached hydrogens (tertiary/aromatic N) is 1. The summed E-state index contributed by atoms with van der Waals surface area (Å²) in [6.45, 7) is 2.77. The summed E-state index contributed by atoms with van der Waals surface area (Å²) in [5, 5.41) is 1.93. The van der Waals surface area contributed by atoms with E-state index in [0.717, 1.165) is 43.8 Å². The highest BCUT2D eigenvalue weighted by Gasteiger charge is 2.22. The van der Waals surface area contributed by atoms with Crippen LogP contribution in [0.2, 0.25) is 0 Å². The minimum Gasteiger partial charge on any atom is -0.369 e. The van der Waals surface area contributed by atoms with E-state index in [2.05, 4.69) is 4.90 Å². The second-order valence-corrected chi connectivity index (χ2v) is 5.97. The molecule has 5 heteroatoms. The number of Topliss-reactive ketones (excluding diaryl/α,β-unsaturated/α-hetero) is 1. The maximum atomic E-state index is 11.8. The molecular formula is C14H20N2O2S. The van der Waals surface area contributed by atoms with Crippen LogP contribution in [0.25, 0.3) is 0 Å². The van der Waals surface area contributed by atoms with E-state index in [0.29, 0.717) is 6.42 Å². The van der Waals surface area contributed by atoms with Crippen LogP contribution in [0.15, 0.2) is 17.5 Å². The van der Waals surface area contributed by atoms with Gasteiger partial charge >= 0.3 is 0 Å². The van der Waals surface area contributed by atoms with E-state index in [1.54, 1.807) is 0 Å². The number of thiophene rings is 1.